The average Bonchev–Trinajstić information content (AvgIpc) is 3.23. The molecule has 1 fully saturated rings. The standard InChI is InChI=1S/C21H26N4O5S2/c22-18(26)10-11-23-21(28)16-6-2-3-7-17(16)24-19(27)14-15-8-9-20(31-15)32(29,30)25-12-4-1-5-13-25/h2-3,6-9H,1,4-5,10-14H2,(H2,22,26)(H,23,28)(H,24,27). The van der Waals surface area contributed by atoms with Crippen molar-refractivity contribution in [2.45, 2.75) is 36.3 Å². The van der Waals surface area contributed by atoms with Crippen molar-refractivity contribution in [2.75, 3.05) is 25.0 Å². The number of nitrogens with zero attached hydrogens (tertiary/aromatic N) is 1. The molecule has 9 nitrogen and oxygen atoms in total. The van der Waals surface area contributed by atoms with Gasteiger partial charge in [0.05, 0.1) is 17.7 Å². The summed E-state index contributed by atoms with van der Waals surface area (Å²) < 4.78 is 27.3. The fourth-order valence-electron chi connectivity index (χ4n) is 3.36. The molecule has 0 radical (unpaired) electrons. The summed E-state index contributed by atoms with van der Waals surface area (Å²) in [6, 6.07) is 9.69. The van der Waals surface area contributed by atoms with Crippen LogP contribution < -0.4 is 16.4 Å². The Kier molecular flexibility index (Phi) is 7.99. The quantitative estimate of drug-likeness (QED) is 0.504. The van der Waals surface area contributed by atoms with Gasteiger partial charge >= 0.3 is 0 Å². The maximum Gasteiger partial charge on any atom is 0.253 e. The number of anilines is 1. The lowest BCUT2D eigenvalue weighted by atomic mass is 10.1. The first-order valence-electron chi connectivity index (χ1n) is 10.3. The van der Waals surface area contributed by atoms with E-state index in [9.17, 15) is 22.8 Å². The van der Waals surface area contributed by atoms with Gasteiger partial charge in [0.25, 0.3) is 15.9 Å². The highest BCUT2D eigenvalue weighted by molar-refractivity contribution is 7.91. The summed E-state index contributed by atoms with van der Waals surface area (Å²) in [4.78, 5) is 36.4. The number of amides is 3. The number of nitrogens with two attached hydrogens (primary N) is 1. The first-order valence-corrected chi connectivity index (χ1v) is 12.6. The molecule has 3 amide bonds. The molecule has 0 unspecified atom stereocenters. The molecule has 1 aliphatic heterocycles. The normalized spacial score (nSPS) is 14.6. The lowest BCUT2D eigenvalue weighted by Gasteiger charge is -2.25. The van der Waals surface area contributed by atoms with E-state index in [0.717, 1.165) is 30.6 Å². The minimum Gasteiger partial charge on any atom is -0.370 e. The lowest BCUT2D eigenvalue weighted by molar-refractivity contribution is -0.118. The number of thiophene rings is 1. The van der Waals surface area contributed by atoms with Gasteiger partial charge in [-0.15, -0.1) is 11.3 Å². The van der Waals surface area contributed by atoms with E-state index in [4.69, 9.17) is 5.73 Å². The molecular formula is C21H26N4O5S2. The Morgan fingerprint density at radius 3 is 2.47 bits per heavy atom. The van der Waals surface area contributed by atoms with Crippen LogP contribution in [-0.2, 0) is 26.0 Å². The van der Waals surface area contributed by atoms with Gasteiger partial charge in [-0.1, -0.05) is 18.6 Å². The number of primary amides is 1. The zero-order chi connectivity index (χ0) is 23.1. The molecule has 1 aromatic heterocycles. The van der Waals surface area contributed by atoms with Crippen LogP contribution in [0.2, 0.25) is 0 Å². The van der Waals surface area contributed by atoms with Crippen LogP contribution in [0.3, 0.4) is 0 Å². The van der Waals surface area contributed by atoms with Crippen LogP contribution in [0.1, 0.15) is 40.9 Å². The summed E-state index contributed by atoms with van der Waals surface area (Å²) in [7, 11) is -3.53. The third-order valence-corrected chi connectivity index (χ3v) is 8.43. The number of rotatable bonds is 9. The fraction of sp³-hybridized carbons (Fsp3) is 0.381. The molecule has 1 saturated heterocycles. The van der Waals surface area contributed by atoms with E-state index < -0.39 is 21.8 Å². The van der Waals surface area contributed by atoms with Crippen LogP contribution in [0.15, 0.2) is 40.6 Å². The Balaban J connectivity index is 1.63. The Labute approximate surface area is 191 Å². The van der Waals surface area contributed by atoms with E-state index in [1.165, 1.54) is 10.4 Å². The van der Waals surface area contributed by atoms with Gasteiger partial charge in [0.1, 0.15) is 4.21 Å². The third-order valence-electron chi connectivity index (χ3n) is 4.98. The van der Waals surface area contributed by atoms with Crippen LogP contribution in [0, 0.1) is 0 Å². The van der Waals surface area contributed by atoms with E-state index in [1.807, 2.05) is 0 Å². The minimum atomic E-state index is -3.53. The maximum atomic E-state index is 12.8. The van der Waals surface area contributed by atoms with Crippen molar-refractivity contribution >= 4 is 44.8 Å². The second-order valence-corrected chi connectivity index (χ2v) is 10.8. The van der Waals surface area contributed by atoms with Gasteiger partial charge in [0, 0.05) is 30.9 Å². The van der Waals surface area contributed by atoms with Gasteiger partial charge in [0.15, 0.2) is 0 Å². The zero-order valence-electron chi connectivity index (χ0n) is 17.5. The van der Waals surface area contributed by atoms with Gasteiger partial charge in [-0.05, 0) is 37.1 Å². The summed E-state index contributed by atoms with van der Waals surface area (Å²) in [6.07, 6.45) is 2.75. The number of hydrogen-bond donors (Lipinski definition) is 3. The van der Waals surface area contributed by atoms with Crippen molar-refractivity contribution in [3.8, 4) is 0 Å². The van der Waals surface area contributed by atoms with Crippen LogP contribution in [-0.4, -0.2) is 50.1 Å². The van der Waals surface area contributed by atoms with Crippen LogP contribution in [0.25, 0.3) is 0 Å². The van der Waals surface area contributed by atoms with E-state index in [-0.39, 0.29) is 35.1 Å². The molecule has 172 valence electrons. The largest absolute Gasteiger partial charge is 0.370 e. The molecule has 2 aromatic rings. The molecule has 1 aliphatic rings. The zero-order valence-corrected chi connectivity index (χ0v) is 19.1. The number of hydrogen-bond acceptors (Lipinski definition) is 6. The smallest absolute Gasteiger partial charge is 0.253 e. The SMILES string of the molecule is NC(=O)CCNC(=O)c1ccccc1NC(=O)Cc1ccc(S(=O)(=O)N2CCCCC2)s1. The summed E-state index contributed by atoms with van der Waals surface area (Å²) >= 11 is 1.08. The van der Waals surface area contributed by atoms with Gasteiger partial charge < -0.3 is 16.4 Å². The van der Waals surface area contributed by atoms with Gasteiger partial charge in [-0.3, -0.25) is 14.4 Å². The minimum absolute atomic E-state index is 0.0152. The molecule has 0 aliphatic carbocycles. The van der Waals surface area contributed by atoms with E-state index in [0.29, 0.717) is 23.7 Å². The van der Waals surface area contributed by atoms with E-state index in [1.54, 1.807) is 30.3 Å². The van der Waals surface area contributed by atoms with Crippen molar-refractivity contribution < 1.29 is 22.8 Å². The number of benzene rings is 1. The topological polar surface area (TPSA) is 139 Å². The predicted octanol–water partition coefficient (Wildman–Crippen LogP) is 1.71. The molecule has 3 rings (SSSR count). The molecule has 4 N–H and O–H groups in total. The number of sulfonamides is 1. The molecule has 0 bridgehead atoms. The van der Waals surface area contributed by atoms with E-state index in [2.05, 4.69) is 10.6 Å². The number of carbonyl (C=O) groups excluding carboxylic acids is 3. The summed E-state index contributed by atoms with van der Waals surface area (Å²) in [5, 5.41) is 5.29. The average molecular weight is 479 g/mol. The monoisotopic (exact) mass is 478 g/mol. The molecule has 1 aromatic carbocycles. The first kappa shape index (κ1) is 23.9. The number of nitrogens with one attached hydrogen (secondary N) is 2. The third kappa shape index (κ3) is 6.15. The maximum absolute atomic E-state index is 12.8. The van der Waals surface area contributed by atoms with Crippen molar-refractivity contribution in [3.63, 3.8) is 0 Å². The summed E-state index contributed by atoms with van der Waals surface area (Å²) in [6.45, 7) is 1.14. The molecular weight excluding hydrogens is 452 g/mol. The summed E-state index contributed by atoms with van der Waals surface area (Å²) in [5.74, 6) is -1.33. The molecule has 0 saturated carbocycles. The number of para-hydroxylation sites is 1. The Morgan fingerprint density at radius 1 is 1.03 bits per heavy atom. The molecule has 11 heteroatoms. The fourth-order valence-corrected chi connectivity index (χ4v) is 6.39. The highest BCUT2D eigenvalue weighted by atomic mass is 32.2. The van der Waals surface area contributed by atoms with Gasteiger partial charge in [0.2, 0.25) is 11.8 Å². The molecule has 0 atom stereocenters. The Bertz CT molecular complexity index is 1090. The second kappa shape index (κ2) is 10.7. The highest BCUT2D eigenvalue weighted by Crippen LogP contribution is 2.27. The summed E-state index contributed by atoms with van der Waals surface area (Å²) in [5.41, 5.74) is 5.65. The first-order chi connectivity index (χ1) is 15.3. The van der Waals surface area contributed by atoms with Crippen LogP contribution in [0.5, 0.6) is 0 Å². The van der Waals surface area contributed by atoms with Gasteiger partial charge in [-0.2, -0.15) is 4.31 Å². The number of piperidine rings is 1. The highest BCUT2D eigenvalue weighted by Gasteiger charge is 2.27. The van der Waals surface area contributed by atoms with Crippen molar-refractivity contribution in [1.29, 1.82) is 0 Å². The van der Waals surface area contributed by atoms with Gasteiger partial charge in [-0.25, -0.2) is 8.42 Å². The van der Waals surface area contributed by atoms with Crippen molar-refractivity contribution in [3.05, 3.63) is 46.8 Å². The van der Waals surface area contributed by atoms with Crippen molar-refractivity contribution in [2.24, 2.45) is 5.73 Å². The molecule has 0 spiro atoms. The van der Waals surface area contributed by atoms with Crippen LogP contribution in [0.4, 0.5) is 5.69 Å². The molecule has 32 heavy (non-hydrogen) atoms. The second-order valence-electron chi connectivity index (χ2n) is 7.43. The van der Waals surface area contributed by atoms with Crippen LogP contribution >= 0.6 is 11.3 Å². The molecule has 2 heterocycles. The van der Waals surface area contributed by atoms with E-state index >= 15 is 0 Å². The Morgan fingerprint density at radius 2 is 1.75 bits per heavy atom. The number of carbonyl (C=O) groups is 3. The lowest BCUT2D eigenvalue weighted by Crippen LogP contribution is -2.35. The van der Waals surface area contributed by atoms with Crippen molar-refractivity contribution in [1.82, 2.24) is 9.62 Å². The Hall–Kier alpha value is -2.76. The predicted molar refractivity (Wildman–Crippen MR) is 122 cm³/mol.